The molecule has 30 heavy (non-hydrogen) atoms. The SMILES string of the molecule is Cc1nccc2nc(-c3cccc4c3oc3cc(F)ccc34)n(-c3ccccc3)c12. The Labute approximate surface area is 171 Å². The van der Waals surface area contributed by atoms with Crippen molar-refractivity contribution in [2.45, 2.75) is 6.92 Å². The summed E-state index contributed by atoms with van der Waals surface area (Å²) in [5.74, 6) is 0.443. The highest BCUT2D eigenvalue weighted by molar-refractivity contribution is 6.09. The first kappa shape index (κ1) is 16.9. The highest BCUT2D eigenvalue weighted by atomic mass is 19.1. The quantitative estimate of drug-likeness (QED) is 0.340. The van der Waals surface area contributed by atoms with Gasteiger partial charge in [-0.1, -0.05) is 30.3 Å². The summed E-state index contributed by atoms with van der Waals surface area (Å²) >= 11 is 0. The van der Waals surface area contributed by atoms with Crippen molar-refractivity contribution in [2.24, 2.45) is 0 Å². The number of hydrogen-bond donors (Lipinski definition) is 0. The van der Waals surface area contributed by atoms with E-state index in [4.69, 9.17) is 9.40 Å². The van der Waals surface area contributed by atoms with Crippen molar-refractivity contribution in [2.75, 3.05) is 0 Å². The first-order valence-corrected chi connectivity index (χ1v) is 9.71. The molecular weight excluding hydrogens is 377 g/mol. The smallest absolute Gasteiger partial charge is 0.149 e. The van der Waals surface area contributed by atoms with E-state index in [2.05, 4.69) is 9.55 Å². The van der Waals surface area contributed by atoms with E-state index in [0.717, 1.165) is 44.6 Å². The fourth-order valence-corrected chi connectivity index (χ4v) is 4.14. The number of imidazole rings is 1. The lowest BCUT2D eigenvalue weighted by molar-refractivity contribution is 0.618. The normalized spacial score (nSPS) is 11.7. The summed E-state index contributed by atoms with van der Waals surface area (Å²) in [4.78, 5) is 9.43. The van der Waals surface area contributed by atoms with Gasteiger partial charge in [0.15, 0.2) is 0 Å². The summed E-state index contributed by atoms with van der Waals surface area (Å²) in [6.07, 6.45) is 1.77. The number of benzene rings is 3. The Hall–Kier alpha value is -3.99. The van der Waals surface area contributed by atoms with Crippen LogP contribution in [-0.2, 0) is 0 Å². The summed E-state index contributed by atoms with van der Waals surface area (Å²) in [5.41, 5.74) is 5.77. The Bertz CT molecular complexity index is 1560. The first-order chi connectivity index (χ1) is 14.7. The maximum atomic E-state index is 13.8. The van der Waals surface area contributed by atoms with Gasteiger partial charge in [-0.25, -0.2) is 9.37 Å². The fourth-order valence-electron chi connectivity index (χ4n) is 4.14. The third-order valence-electron chi connectivity index (χ3n) is 5.46. The lowest BCUT2D eigenvalue weighted by Crippen LogP contribution is -1.99. The highest BCUT2D eigenvalue weighted by Crippen LogP contribution is 2.38. The van der Waals surface area contributed by atoms with Crippen LogP contribution < -0.4 is 0 Å². The molecule has 4 nitrogen and oxygen atoms in total. The van der Waals surface area contributed by atoms with Crippen molar-refractivity contribution >= 4 is 33.0 Å². The monoisotopic (exact) mass is 393 g/mol. The Kier molecular flexibility index (Phi) is 3.53. The second kappa shape index (κ2) is 6.26. The van der Waals surface area contributed by atoms with Crippen LogP contribution in [0.4, 0.5) is 4.39 Å². The van der Waals surface area contributed by atoms with Crippen molar-refractivity contribution in [3.05, 3.63) is 90.5 Å². The number of para-hydroxylation sites is 2. The number of aromatic nitrogens is 3. The van der Waals surface area contributed by atoms with Gasteiger partial charge < -0.3 is 4.42 Å². The predicted octanol–water partition coefficient (Wildman–Crippen LogP) is 6.43. The van der Waals surface area contributed by atoms with Crippen molar-refractivity contribution in [1.29, 1.82) is 0 Å². The van der Waals surface area contributed by atoms with E-state index in [1.807, 2.05) is 61.5 Å². The minimum atomic E-state index is -0.318. The molecule has 0 aliphatic heterocycles. The zero-order valence-corrected chi connectivity index (χ0v) is 16.1. The predicted molar refractivity (Wildman–Crippen MR) is 116 cm³/mol. The van der Waals surface area contributed by atoms with E-state index in [9.17, 15) is 4.39 Å². The summed E-state index contributed by atoms with van der Waals surface area (Å²) in [7, 11) is 0. The van der Waals surface area contributed by atoms with Crippen LogP contribution in [0.15, 0.2) is 83.4 Å². The zero-order valence-electron chi connectivity index (χ0n) is 16.1. The average Bonchev–Trinajstić information content (AvgIpc) is 3.33. The molecule has 0 amide bonds. The van der Waals surface area contributed by atoms with Gasteiger partial charge in [-0.2, -0.15) is 0 Å². The molecule has 0 aliphatic carbocycles. The number of furan rings is 1. The molecule has 0 bridgehead atoms. The summed E-state index contributed by atoms with van der Waals surface area (Å²) in [6, 6.07) is 22.6. The fraction of sp³-hybridized carbons (Fsp3) is 0.0400. The van der Waals surface area contributed by atoms with Crippen molar-refractivity contribution in [1.82, 2.24) is 14.5 Å². The number of nitrogens with zero attached hydrogens (tertiary/aromatic N) is 3. The Balaban J connectivity index is 1.75. The minimum absolute atomic E-state index is 0.318. The number of halogens is 1. The third kappa shape index (κ3) is 2.38. The summed E-state index contributed by atoms with van der Waals surface area (Å²) in [6.45, 7) is 1.98. The number of fused-ring (bicyclic) bond motifs is 4. The lowest BCUT2D eigenvalue weighted by Gasteiger charge is -2.10. The average molecular weight is 393 g/mol. The van der Waals surface area contributed by atoms with Crippen LogP contribution in [0.1, 0.15) is 5.69 Å². The van der Waals surface area contributed by atoms with E-state index in [0.29, 0.717) is 11.2 Å². The standard InChI is InChI=1S/C25H16FN3O/c1-15-23-21(12-13-27-15)28-25(29(23)17-6-3-2-4-7-17)20-9-5-8-19-18-11-10-16(26)14-22(18)30-24(19)20/h2-14H,1H3. The molecule has 6 aromatic rings. The molecule has 0 aliphatic rings. The van der Waals surface area contributed by atoms with E-state index in [1.165, 1.54) is 12.1 Å². The Morgan fingerprint density at radius 1 is 0.900 bits per heavy atom. The van der Waals surface area contributed by atoms with Gasteiger partial charge in [0.25, 0.3) is 0 Å². The molecule has 0 atom stereocenters. The van der Waals surface area contributed by atoms with Gasteiger partial charge >= 0.3 is 0 Å². The first-order valence-electron chi connectivity index (χ1n) is 9.71. The molecule has 0 saturated heterocycles. The second-order valence-corrected chi connectivity index (χ2v) is 7.30. The minimum Gasteiger partial charge on any atom is -0.455 e. The van der Waals surface area contributed by atoms with E-state index in [1.54, 1.807) is 12.3 Å². The van der Waals surface area contributed by atoms with Crippen molar-refractivity contribution < 1.29 is 8.81 Å². The summed E-state index contributed by atoms with van der Waals surface area (Å²) < 4.78 is 22.0. The summed E-state index contributed by atoms with van der Waals surface area (Å²) in [5, 5.41) is 1.82. The molecule has 0 spiro atoms. The van der Waals surface area contributed by atoms with Crippen LogP contribution in [0.5, 0.6) is 0 Å². The van der Waals surface area contributed by atoms with Crippen molar-refractivity contribution in [3.63, 3.8) is 0 Å². The third-order valence-corrected chi connectivity index (χ3v) is 5.46. The van der Waals surface area contributed by atoms with E-state index >= 15 is 0 Å². The second-order valence-electron chi connectivity index (χ2n) is 7.30. The number of rotatable bonds is 2. The van der Waals surface area contributed by atoms with E-state index in [-0.39, 0.29) is 5.82 Å². The number of pyridine rings is 1. The van der Waals surface area contributed by atoms with Gasteiger partial charge in [-0.3, -0.25) is 9.55 Å². The van der Waals surface area contributed by atoms with Crippen LogP contribution >= 0.6 is 0 Å². The van der Waals surface area contributed by atoms with Crippen LogP contribution in [0.2, 0.25) is 0 Å². The molecule has 0 N–H and O–H groups in total. The van der Waals surface area contributed by atoms with E-state index < -0.39 is 0 Å². The van der Waals surface area contributed by atoms with Gasteiger partial charge in [0.05, 0.1) is 22.3 Å². The molecule has 0 radical (unpaired) electrons. The number of hydrogen-bond acceptors (Lipinski definition) is 3. The van der Waals surface area contributed by atoms with Gasteiger partial charge in [0.2, 0.25) is 0 Å². The molecule has 5 heteroatoms. The van der Waals surface area contributed by atoms with Gasteiger partial charge in [0.1, 0.15) is 22.8 Å². The molecule has 3 aromatic carbocycles. The van der Waals surface area contributed by atoms with Gasteiger partial charge in [0, 0.05) is 28.7 Å². The molecule has 144 valence electrons. The molecule has 0 saturated carbocycles. The molecule has 6 rings (SSSR count). The maximum absolute atomic E-state index is 13.8. The topological polar surface area (TPSA) is 43.9 Å². The maximum Gasteiger partial charge on any atom is 0.149 e. The molecular formula is C25H16FN3O. The molecule has 0 unspecified atom stereocenters. The zero-order chi connectivity index (χ0) is 20.2. The van der Waals surface area contributed by atoms with Gasteiger partial charge in [-0.15, -0.1) is 0 Å². The van der Waals surface area contributed by atoms with Crippen LogP contribution in [0.25, 0.3) is 50.0 Å². The number of aryl methyl sites for hydroxylation is 1. The van der Waals surface area contributed by atoms with Gasteiger partial charge in [-0.05, 0) is 43.3 Å². The lowest BCUT2D eigenvalue weighted by atomic mass is 10.1. The molecule has 0 fully saturated rings. The Morgan fingerprint density at radius 3 is 2.63 bits per heavy atom. The van der Waals surface area contributed by atoms with Crippen LogP contribution in [0.3, 0.4) is 0 Å². The molecule has 3 aromatic heterocycles. The van der Waals surface area contributed by atoms with Crippen LogP contribution in [0, 0.1) is 12.7 Å². The highest BCUT2D eigenvalue weighted by Gasteiger charge is 2.20. The Morgan fingerprint density at radius 2 is 1.77 bits per heavy atom. The largest absolute Gasteiger partial charge is 0.455 e. The van der Waals surface area contributed by atoms with Crippen LogP contribution in [-0.4, -0.2) is 14.5 Å². The van der Waals surface area contributed by atoms with Crippen molar-refractivity contribution in [3.8, 4) is 17.1 Å². The molecule has 3 heterocycles.